The molecule has 12 heavy (non-hydrogen) atoms. The SMILES string of the molecule is CCC(COC)(CC(N)=O)NC. The van der Waals surface area contributed by atoms with Gasteiger partial charge in [0, 0.05) is 19.1 Å². The normalized spacial score (nSPS) is 15.6. The van der Waals surface area contributed by atoms with Gasteiger partial charge in [-0.25, -0.2) is 0 Å². The lowest BCUT2D eigenvalue weighted by molar-refractivity contribution is -0.120. The number of carbonyl (C=O) groups excluding carboxylic acids is 1. The van der Waals surface area contributed by atoms with Crippen LogP contribution in [-0.4, -0.2) is 32.2 Å². The van der Waals surface area contributed by atoms with Gasteiger partial charge in [0.1, 0.15) is 0 Å². The fraction of sp³-hybridized carbons (Fsp3) is 0.875. The number of hydrogen-bond acceptors (Lipinski definition) is 3. The van der Waals surface area contributed by atoms with Crippen LogP contribution in [0.25, 0.3) is 0 Å². The zero-order valence-electron chi connectivity index (χ0n) is 8.02. The summed E-state index contributed by atoms with van der Waals surface area (Å²) in [5.41, 5.74) is 4.83. The average molecular weight is 174 g/mol. The van der Waals surface area contributed by atoms with Crippen LogP contribution in [0, 0.1) is 0 Å². The van der Waals surface area contributed by atoms with Crippen LogP contribution < -0.4 is 11.1 Å². The molecule has 0 heterocycles. The molecule has 1 amide bonds. The maximum Gasteiger partial charge on any atom is 0.219 e. The van der Waals surface area contributed by atoms with Gasteiger partial charge in [-0.1, -0.05) is 6.92 Å². The Balaban J connectivity index is 4.23. The molecular weight excluding hydrogens is 156 g/mol. The second kappa shape index (κ2) is 5.11. The summed E-state index contributed by atoms with van der Waals surface area (Å²) in [7, 11) is 3.42. The lowest BCUT2D eigenvalue weighted by Crippen LogP contribution is -2.49. The lowest BCUT2D eigenvalue weighted by Gasteiger charge is -2.30. The minimum absolute atomic E-state index is 0.291. The molecule has 0 spiro atoms. The van der Waals surface area contributed by atoms with E-state index < -0.39 is 0 Å². The van der Waals surface area contributed by atoms with Gasteiger partial charge < -0.3 is 15.8 Å². The first-order chi connectivity index (χ1) is 5.60. The maximum atomic E-state index is 10.7. The molecule has 1 atom stereocenters. The Bertz CT molecular complexity index is 144. The van der Waals surface area contributed by atoms with E-state index in [4.69, 9.17) is 10.5 Å². The summed E-state index contributed by atoms with van der Waals surface area (Å²) in [6, 6.07) is 0. The van der Waals surface area contributed by atoms with Crippen LogP contribution >= 0.6 is 0 Å². The smallest absolute Gasteiger partial charge is 0.219 e. The van der Waals surface area contributed by atoms with Crippen LogP contribution in [0.5, 0.6) is 0 Å². The van der Waals surface area contributed by atoms with E-state index in [1.807, 2.05) is 14.0 Å². The summed E-state index contributed by atoms with van der Waals surface area (Å²) in [4.78, 5) is 10.7. The highest BCUT2D eigenvalue weighted by Crippen LogP contribution is 2.14. The highest BCUT2D eigenvalue weighted by molar-refractivity contribution is 5.75. The highest BCUT2D eigenvalue weighted by Gasteiger charge is 2.27. The van der Waals surface area contributed by atoms with Crippen LogP contribution in [0.1, 0.15) is 19.8 Å². The summed E-state index contributed by atoms with van der Waals surface area (Å²) < 4.78 is 5.02. The molecule has 0 aromatic rings. The molecule has 0 aliphatic rings. The van der Waals surface area contributed by atoms with Crippen LogP contribution in [0.4, 0.5) is 0 Å². The van der Waals surface area contributed by atoms with Gasteiger partial charge in [0.25, 0.3) is 0 Å². The first kappa shape index (κ1) is 11.4. The van der Waals surface area contributed by atoms with Gasteiger partial charge in [-0.3, -0.25) is 4.79 Å². The lowest BCUT2D eigenvalue weighted by atomic mass is 9.93. The Morgan fingerprint density at radius 2 is 2.25 bits per heavy atom. The van der Waals surface area contributed by atoms with E-state index in [1.54, 1.807) is 7.11 Å². The molecule has 0 saturated carbocycles. The second-order valence-electron chi connectivity index (χ2n) is 2.96. The summed E-state index contributed by atoms with van der Waals surface area (Å²) in [5, 5.41) is 3.07. The van der Waals surface area contributed by atoms with Gasteiger partial charge in [-0.15, -0.1) is 0 Å². The molecule has 72 valence electrons. The highest BCUT2D eigenvalue weighted by atomic mass is 16.5. The Morgan fingerprint density at radius 1 is 1.67 bits per heavy atom. The fourth-order valence-electron chi connectivity index (χ4n) is 1.23. The van der Waals surface area contributed by atoms with E-state index in [9.17, 15) is 4.79 Å². The zero-order chi connectivity index (χ0) is 9.61. The number of primary amides is 1. The molecule has 0 aromatic carbocycles. The first-order valence-corrected chi connectivity index (χ1v) is 4.06. The predicted molar refractivity (Wildman–Crippen MR) is 47.8 cm³/mol. The average Bonchev–Trinajstić information content (AvgIpc) is 2.03. The van der Waals surface area contributed by atoms with E-state index in [-0.39, 0.29) is 11.4 Å². The minimum Gasteiger partial charge on any atom is -0.383 e. The van der Waals surface area contributed by atoms with E-state index in [1.165, 1.54) is 0 Å². The second-order valence-corrected chi connectivity index (χ2v) is 2.96. The molecule has 0 aliphatic heterocycles. The summed E-state index contributed by atoms with van der Waals surface area (Å²) >= 11 is 0. The van der Waals surface area contributed by atoms with E-state index in [0.717, 1.165) is 6.42 Å². The van der Waals surface area contributed by atoms with Crippen molar-refractivity contribution in [3.8, 4) is 0 Å². The molecule has 0 aliphatic carbocycles. The van der Waals surface area contributed by atoms with Gasteiger partial charge in [0.2, 0.25) is 5.91 Å². The Hall–Kier alpha value is -0.610. The molecule has 0 rings (SSSR count). The number of nitrogens with one attached hydrogen (secondary N) is 1. The molecule has 3 N–H and O–H groups in total. The van der Waals surface area contributed by atoms with Crippen LogP contribution in [0.3, 0.4) is 0 Å². The molecule has 4 heteroatoms. The third-order valence-electron chi connectivity index (χ3n) is 2.14. The van der Waals surface area contributed by atoms with Crippen LogP contribution in [0.15, 0.2) is 0 Å². The minimum atomic E-state index is -0.303. The Morgan fingerprint density at radius 3 is 2.50 bits per heavy atom. The molecule has 0 radical (unpaired) electrons. The van der Waals surface area contributed by atoms with Crippen molar-refractivity contribution in [1.29, 1.82) is 0 Å². The van der Waals surface area contributed by atoms with Crippen molar-refractivity contribution < 1.29 is 9.53 Å². The largest absolute Gasteiger partial charge is 0.383 e. The quantitative estimate of drug-likeness (QED) is 0.590. The molecule has 0 aromatic heterocycles. The molecule has 0 fully saturated rings. The Labute approximate surface area is 73.5 Å². The molecule has 0 bridgehead atoms. The molecule has 0 saturated heterocycles. The molecular formula is C8H18N2O2. The number of amides is 1. The number of ether oxygens (including phenoxy) is 1. The van der Waals surface area contributed by atoms with Crippen molar-refractivity contribution in [2.45, 2.75) is 25.3 Å². The predicted octanol–water partition coefficient (Wildman–Crippen LogP) is -0.124. The summed E-state index contributed by atoms with van der Waals surface area (Å²) in [6.07, 6.45) is 1.13. The summed E-state index contributed by atoms with van der Waals surface area (Å²) in [5.74, 6) is -0.303. The van der Waals surface area contributed by atoms with Gasteiger partial charge in [-0.2, -0.15) is 0 Å². The van der Waals surface area contributed by atoms with Crippen LogP contribution in [-0.2, 0) is 9.53 Å². The van der Waals surface area contributed by atoms with Crippen molar-refractivity contribution in [2.24, 2.45) is 5.73 Å². The van der Waals surface area contributed by atoms with Crippen molar-refractivity contribution in [2.75, 3.05) is 20.8 Å². The topological polar surface area (TPSA) is 64.3 Å². The number of methoxy groups -OCH3 is 1. The summed E-state index contributed by atoms with van der Waals surface area (Å²) in [6.45, 7) is 2.50. The van der Waals surface area contributed by atoms with Crippen molar-refractivity contribution >= 4 is 5.91 Å². The number of rotatable bonds is 6. The van der Waals surface area contributed by atoms with Crippen molar-refractivity contribution in [3.63, 3.8) is 0 Å². The molecule has 1 unspecified atom stereocenters. The number of nitrogens with two attached hydrogens (primary N) is 1. The van der Waals surface area contributed by atoms with E-state index in [2.05, 4.69) is 5.32 Å². The maximum absolute atomic E-state index is 10.7. The third-order valence-corrected chi connectivity index (χ3v) is 2.14. The third kappa shape index (κ3) is 3.19. The Kier molecular flexibility index (Phi) is 4.85. The van der Waals surface area contributed by atoms with Gasteiger partial charge in [0.05, 0.1) is 6.61 Å². The van der Waals surface area contributed by atoms with Crippen molar-refractivity contribution in [3.05, 3.63) is 0 Å². The van der Waals surface area contributed by atoms with Gasteiger partial charge in [-0.05, 0) is 13.5 Å². The van der Waals surface area contributed by atoms with Crippen molar-refractivity contribution in [1.82, 2.24) is 5.32 Å². The monoisotopic (exact) mass is 174 g/mol. The standard InChI is InChI=1S/C8H18N2O2/c1-4-8(10-2,6-12-3)5-7(9)11/h10H,4-6H2,1-3H3,(H2,9,11). The number of likely N-dealkylation sites (N-methyl/N-ethyl adjacent to an activating group) is 1. The van der Waals surface area contributed by atoms with Gasteiger partial charge >= 0.3 is 0 Å². The number of hydrogen-bond donors (Lipinski definition) is 2. The van der Waals surface area contributed by atoms with E-state index >= 15 is 0 Å². The van der Waals surface area contributed by atoms with Gasteiger partial charge in [0.15, 0.2) is 0 Å². The fourth-order valence-corrected chi connectivity index (χ4v) is 1.23. The number of carbonyl (C=O) groups is 1. The van der Waals surface area contributed by atoms with Crippen LogP contribution in [0.2, 0.25) is 0 Å². The zero-order valence-corrected chi connectivity index (χ0v) is 8.02. The molecule has 4 nitrogen and oxygen atoms in total. The first-order valence-electron chi connectivity index (χ1n) is 4.06. The van der Waals surface area contributed by atoms with E-state index in [0.29, 0.717) is 13.0 Å².